The predicted octanol–water partition coefficient (Wildman–Crippen LogP) is 0.490. The number of likely N-dealkylation sites (N-methyl/N-ethyl adjacent to an activating group) is 1. The first-order valence-electron chi connectivity index (χ1n) is 6.93. The molecule has 1 N–H and O–H groups in total. The van der Waals surface area contributed by atoms with Gasteiger partial charge >= 0.3 is 0 Å². The molecule has 128 valence electrons. The second-order valence-electron chi connectivity index (χ2n) is 5.64. The summed E-state index contributed by atoms with van der Waals surface area (Å²) < 4.78 is 50.1. The number of aliphatic hydroxyl groups is 1. The van der Waals surface area contributed by atoms with E-state index in [2.05, 4.69) is 0 Å². The molecule has 0 bridgehead atoms. The molecule has 1 aromatic rings. The molecular weight excluding hydrogens is 330 g/mol. The molecule has 9 heteroatoms. The monoisotopic (exact) mass is 348 g/mol. The standard InChI is InChI=1S/C14H18F2N2O4S/c1-17(23(2,21)22)8-14(20)18-7-10(19)6-13(18)9-3-4-11(15)12(16)5-9/h3-5,10,13,19H,6-8H2,1-2H3. The fraction of sp³-hybridized carbons (Fsp3) is 0.500. The summed E-state index contributed by atoms with van der Waals surface area (Å²) in [5, 5.41) is 9.80. The van der Waals surface area contributed by atoms with Crippen LogP contribution in [0.1, 0.15) is 18.0 Å². The number of hydrogen-bond acceptors (Lipinski definition) is 4. The van der Waals surface area contributed by atoms with E-state index in [-0.39, 0.29) is 19.5 Å². The molecule has 2 atom stereocenters. The van der Waals surface area contributed by atoms with E-state index in [4.69, 9.17) is 0 Å². The minimum atomic E-state index is -3.52. The Morgan fingerprint density at radius 2 is 2.04 bits per heavy atom. The van der Waals surface area contributed by atoms with Crippen molar-refractivity contribution < 1.29 is 27.1 Å². The van der Waals surface area contributed by atoms with Crippen molar-refractivity contribution in [3.05, 3.63) is 35.4 Å². The maximum Gasteiger partial charge on any atom is 0.238 e. The minimum absolute atomic E-state index is 0.0140. The molecule has 0 spiro atoms. The topological polar surface area (TPSA) is 77.9 Å². The molecule has 1 fully saturated rings. The number of carbonyl (C=O) groups is 1. The normalized spacial score (nSPS) is 21.9. The molecule has 2 rings (SSSR count). The maximum absolute atomic E-state index is 13.4. The predicted molar refractivity (Wildman–Crippen MR) is 78.9 cm³/mol. The van der Waals surface area contributed by atoms with Crippen molar-refractivity contribution in [3.63, 3.8) is 0 Å². The Bertz CT molecular complexity index is 711. The van der Waals surface area contributed by atoms with Crippen molar-refractivity contribution in [2.24, 2.45) is 0 Å². The highest BCUT2D eigenvalue weighted by atomic mass is 32.2. The minimum Gasteiger partial charge on any atom is -0.391 e. The molecule has 23 heavy (non-hydrogen) atoms. The third-order valence-electron chi connectivity index (χ3n) is 3.85. The third kappa shape index (κ3) is 4.04. The van der Waals surface area contributed by atoms with Gasteiger partial charge in [0.15, 0.2) is 11.6 Å². The van der Waals surface area contributed by atoms with Gasteiger partial charge in [0.05, 0.1) is 24.9 Å². The lowest BCUT2D eigenvalue weighted by atomic mass is 10.0. The van der Waals surface area contributed by atoms with Gasteiger partial charge in [0.25, 0.3) is 0 Å². The van der Waals surface area contributed by atoms with Gasteiger partial charge in [-0.05, 0) is 24.1 Å². The van der Waals surface area contributed by atoms with Gasteiger partial charge in [0.1, 0.15) is 0 Å². The summed E-state index contributed by atoms with van der Waals surface area (Å²) in [6.07, 6.45) is 0.353. The van der Waals surface area contributed by atoms with Crippen molar-refractivity contribution in [2.45, 2.75) is 18.6 Å². The van der Waals surface area contributed by atoms with Crippen LogP contribution < -0.4 is 0 Å². The maximum atomic E-state index is 13.4. The van der Waals surface area contributed by atoms with Crippen LogP contribution >= 0.6 is 0 Å². The Balaban J connectivity index is 2.22. The number of aliphatic hydroxyl groups excluding tert-OH is 1. The Hall–Kier alpha value is -1.58. The average molecular weight is 348 g/mol. The van der Waals surface area contributed by atoms with Crippen molar-refractivity contribution in [3.8, 4) is 0 Å². The molecule has 0 aromatic heterocycles. The molecule has 1 aliphatic heterocycles. The smallest absolute Gasteiger partial charge is 0.238 e. The zero-order chi connectivity index (χ0) is 17.4. The lowest BCUT2D eigenvalue weighted by Gasteiger charge is -2.26. The summed E-state index contributed by atoms with van der Waals surface area (Å²) in [5.41, 5.74) is 0.357. The second-order valence-corrected chi connectivity index (χ2v) is 7.73. The largest absolute Gasteiger partial charge is 0.391 e. The second kappa shape index (κ2) is 6.50. The molecule has 0 radical (unpaired) electrons. The van der Waals surface area contributed by atoms with E-state index >= 15 is 0 Å². The van der Waals surface area contributed by atoms with Gasteiger partial charge in [-0.15, -0.1) is 0 Å². The Kier molecular flexibility index (Phi) is 5.02. The number of β-amino-alcohol motifs (C(OH)–C–C–N with tert-alkyl or cyclic N) is 1. The molecule has 1 saturated heterocycles. The van der Waals surface area contributed by atoms with Crippen LogP contribution in [-0.2, 0) is 14.8 Å². The van der Waals surface area contributed by atoms with E-state index in [1.807, 2.05) is 0 Å². The van der Waals surface area contributed by atoms with E-state index < -0.39 is 39.7 Å². The molecule has 1 amide bonds. The first kappa shape index (κ1) is 17.8. The average Bonchev–Trinajstić information content (AvgIpc) is 2.83. The van der Waals surface area contributed by atoms with E-state index in [0.29, 0.717) is 5.56 Å². The number of halogens is 2. The van der Waals surface area contributed by atoms with Crippen LogP contribution in [0.5, 0.6) is 0 Å². The molecule has 0 saturated carbocycles. The molecule has 1 aliphatic rings. The summed E-state index contributed by atoms with van der Waals surface area (Å²) in [5.74, 6) is -2.55. The van der Waals surface area contributed by atoms with Crippen molar-refractivity contribution >= 4 is 15.9 Å². The van der Waals surface area contributed by atoms with E-state index in [0.717, 1.165) is 22.7 Å². The highest BCUT2D eigenvalue weighted by molar-refractivity contribution is 7.88. The fourth-order valence-corrected chi connectivity index (χ4v) is 2.87. The molecule has 0 aliphatic carbocycles. The number of likely N-dealkylation sites (tertiary alicyclic amines) is 1. The van der Waals surface area contributed by atoms with Crippen molar-refractivity contribution in [1.82, 2.24) is 9.21 Å². The highest BCUT2D eigenvalue weighted by Crippen LogP contribution is 2.33. The number of benzene rings is 1. The number of amides is 1. The van der Waals surface area contributed by atoms with Gasteiger partial charge in [0.2, 0.25) is 15.9 Å². The first-order chi connectivity index (χ1) is 10.6. The van der Waals surface area contributed by atoms with Gasteiger partial charge in [-0.3, -0.25) is 4.79 Å². The summed E-state index contributed by atoms with van der Waals surface area (Å²) >= 11 is 0. The van der Waals surface area contributed by atoms with Crippen LogP contribution in [0, 0.1) is 11.6 Å². The molecular formula is C14H18F2N2O4S. The lowest BCUT2D eigenvalue weighted by molar-refractivity contribution is -0.132. The van der Waals surface area contributed by atoms with Crippen LogP contribution in [-0.4, -0.2) is 61.1 Å². The highest BCUT2D eigenvalue weighted by Gasteiger charge is 2.36. The number of sulfonamides is 1. The molecule has 1 aromatic carbocycles. The molecule has 1 heterocycles. The summed E-state index contributed by atoms with van der Waals surface area (Å²) in [6, 6.07) is 2.67. The Labute approximate surface area is 133 Å². The number of carbonyl (C=O) groups excluding carboxylic acids is 1. The number of rotatable bonds is 4. The van der Waals surface area contributed by atoms with Crippen LogP contribution in [0.3, 0.4) is 0 Å². The van der Waals surface area contributed by atoms with Crippen molar-refractivity contribution in [1.29, 1.82) is 0 Å². The van der Waals surface area contributed by atoms with Crippen LogP contribution in [0.15, 0.2) is 18.2 Å². The van der Waals surface area contributed by atoms with Gasteiger partial charge in [-0.1, -0.05) is 6.07 Å². The van der Waals surface area contributed by atoms with Gasteiger partial charge < -0.3 is 10.0 Å². The Morgan fingerprint density at radius 1 is 1.39 bits per heavy atom. The summed E-state index contributed by atoms with van der Waals surface area (Å²) in [4.78, 5) is 13.6. The molecule has 6 nitrogen and oxygen atoms in total. The fourth-order valence-electron chi connectivity index (χ4n) is 2.52. The van der Waals surface area contributed by atoms with Crippen LogP contribution in [0.25, 0.3) is 0 Å². The third-order valence-corrected chi connectivity index (χ3v) is 5.11. The van der Waals surface area contributed by atoms with E-state index in [9.17, 15) is 27.1 Å². The quantitative estimate of drug-likeness (QED) is 0.859. The molecule has 2 unspecified atom stereocenters. The number of nitrogens with zero attached hydrogens (tertiary/aromatic N) is 2. The van der Waals surface area contributed by atoms with Crippen LogP contribution in [0.4, 0.5) is 8.78 Å². The van der Waals surface area contributed by atoms with E-state index in [1.165, 1.54) is 18.0 Å². The zero-order valence-electron chi connectivity index (χ0n) is 12.7. The Morgan fingerprint density at radius 3 is 2.61 bits per heavy atom. The lowest BCUT2D eigenvalue weighted by Crippen LogP contribution is -2.41. The summed E-state index contributed by atoms with van der Waals surface area (Å²) in [7, 11) is -2.25. The van der Waals surface area contributed by atoms with E-state index in [1.54, 1.807) is 0 Å². The van der Waals surface area contributed by atoms with Crippen molar-refractivity contribution in [2.75, 3.05) is 26.4 Å². The number of hydrogen-bond donors (Lipinski definition) is 1. The summed E-state index contributed by atoms with van der Waals surface area (Å²) in [6.45, 7) is -0.369. The zero-order valence-corrected chi connectivity index (χ0v) is 13.6. The van der Waals surface area contributed by atoms with Gasteiger partial charge in [-0.25, -0.2) is 17.2 Å². The van der Waals surface area contributed by atoms with Crippen LogP contribution in [0.2, 0.25) is 0 Å². The van der Waals surface area contributed by atoms with Gasteiger partial charge in [0, 0.05) is 13.6 Å². The van der Waals surface area contributed by atoms with Gasteiger partial charge in [-0.2, -0.15) is 4.31 Å². The SMILES string of the molecule is CN(CC(=O)N1CC(O)CC1c1ccc(F)c(F)c1)S(C)(=O)=O. The first-order valence-corrected chi connectivity index (χ1v) is 8.78.